The molecular formula is C11H12N2O2S. The Labute approximate surface area is 97.3 Å². The summed E-state index contributed by atoms with van der Waals surface area (Å²) in [5, 5.41) is 6.31. The number of nitrogens with zero attached hydrogens (tertiary/aromatic N) is 1. The third-order valence-electron chi connectivity index (χ3n) is 2.50. The lowest BCUT2D eigenvalue weighted by atomic mass is 10.3. The third-order valence-corrected chi connectivity index (χ3v) is 3.44. The van der Waals surface area contributed by atoms with Crippen molar-refractivity contribution in [1.29, 1.82) is 0 Å². The lowest BCUT2D eigenvalue weighted by molar-refractivity contribution is 0.0276. The fourth-order valence-corrected chi connectivity index (χ4v) is 2.55. The topological polar surface area (TPSA) is 47.3 Å². The van der Waals surface area contributed by atoms with Gasteiger partial charge in [0, 0.05) is 18.5 Å². The predicted octanol–water partition coefficient (Wildman–Crippen LogP) is 2.06. The summed E-state index contributed by atoms with van der Waals surface area (Å²) in [4.78, 5) is 4.54. The van der Waals surface area contributed by atoms with Crippen LogP contribution in [0.1, 0.15) is 11.1 Å². The molecule has 3 heterocycles. The zero-order valence-corrected chi connectivity index (χ0v) is 9.50. The molecule has 0 bridgehead atoms. The Hall–Kier alpha value is -1.17. The van der Waals surface area contributed by atoms with Gasteiger partial charge in [0.25, 0.3) is 0 Å². The van der Waals surface area contributed by atoms with E-state index in [4.69, 9.17) is 9.15 Å². The molecule has 1 aliphatic rings. The van der Waals surface area contributed by atoms with Gasteiger partial charge in [0.05, 0.1) is 12.9 Å². The van der Waals surface area contributed by atoms with Gasteiger partial charge in [0.15, 0.2) is 5.76 Å². The summed E-state index contributed by atoms with van der Waals surface area (Å²) in [5.41, 5.74) is 0.888. The summed E-state index contributed by atoms with van der Waals surface area (Å²) in [7, 11) is 0. The average molecular weight is 236 g/mol. The van der Waals surface area contributed by atoms with E-state index in [0.717, 1.165) is 36.2 Å². The molecule has 1 aliphatic heterocycles. The highest BCUT2D eigenvalue weighted by atomic mass is 32.1. The Kier molecular flexibility index (Phi) is 2.73. The molecule has 4 nitrogen and oxygen atoms in total. The molecule has 1 N–H and O–H groups in total. The van der Waals surface area contributed by atoms with Crippen LogP contribution in [0.15, 0.2) is 28.2 Å². The molecule has 0 aromatic carbocycles. The van der Waals surface area contributed by atoms with Crippen LogP contribution in [0.2, 0.25) is 0 Å². The number of furan rings is 1. The first kappa shape index (κ1) is 10.0. The number of morpholine rings is 1. The quantitative estimate of drug-likeness (QED) is 0.867. The van der Waals surface area contributed by atoms with Crippen LogP contribution in [0, 0.1) is 0 Å². The van der Waals surface area contributed by atoms with Gasteiger partial charge >= 0.3 is 0 Å². The van der Waals surface area contributed by atoms with E-state index in [1.165, 1.54) is 0 Å². The first-order valence-electron chi connectivity index (χ1n) is 5.25. The Balaban J connectivity index is 1.82. The Morgan fingerprint density at radius 2 is 2.50 bits per heavy atom. The second-order valence-corrected chi connectivity index (χ2v) is 4.50. The Bertz CT molecular complexity index is 446. The van der Waals surface area contributed by atoms with Crippen LogP contribution in [0.5, 0.6) is 0 Å². The van der Waals surface area contributed by atoms with Gasteiger partial charge in [-0.1, -0.05) is 0 Å². The molecular weight excluding hydrogens is 224 g/mol. The van der Waals surface area contributed by atoms with Gasteiger partial charge in [-0.15, -0.1) is 11.3 Å². The van der Waals surface area contributed by atoms with Crippen molar-refractivity contribution >= 4 is 11.3 Å². The fourth-order valence-electron chi connectivity index (χ4n) is 1.70. The number of hydrogen-bond donors (Lipinski definition) is 1. The third kappa shape index (κ3) is 1.89. The second-order valence-electron chi connectivity index (χ2n) is 3.61. The number of rotatable bonds is 2. The summed E-state index contributed by atoms with van der Waals surface area (Å²) in [6, 6.07) is 3.78. The maximum atomic E-state index is 5.65. The van der Waals surface area contributed by atoms with E-state index in [0.29, 0.717) is 0 Å². The standard InChI is InChI=1S/C11H12N2O2S/c1-2-9(14-4-1)8-7-16-11(13-8)10-6-12-3-5-15-10/h1-2,4,7,10,12H,3,5-6H2. The Morgan fingerprint density at radius 1 is 1.50 bits per heavy atom. The highest BCUT2D eigenvalue weighted by molar-refractivity contribution is 7.10. The maximum Gasteiger partial charge on any atom is 0.153 e. The lowest BCUT2D eigenvalue weighted by Crippen LogP contribution is -2.33. The molecule has 84 valence electrons. The zero-order chi connectivity index (χ0) is 10.8. The van der Waals surface area contributed by atoms with Gasteiger partial charge in [-0.3, -0.25) is 0 Å². The fraction of sp³-hybridized carbons (Fsp3) is 0.364. The summed E-state index contributed by atoms with van der Waals surface area (Å²) < 4.78 is 11.0. The molecule has 0 radical (unpaired) electrons. The van der Waals surface area contributed by atoms with Gasteiger partial charge in [0.2, 0.25) is 0 Å². The normalized spacial score (nSPS) is 21.1. The first-order valence-corrected chi connectivity index (χ1v) is 6.13. The second kappa shape index (κ2) is 4.37. The van der Waals surface area contributed by atoms with Crippen LogP contribution in [-0.2, 0) is 4.74 Å². The highest BCUT2D eigenvalue weighted by Gasteiger charge is 2.19. The largest absolute Gasteiger partial charge is 0.463 e. The lowest BCUT2D eigenvalue weighted by Gasteiger charge is -2.21. The molecule has 0 amide bonds. The average Bonchev–Trinajstić information content (AvgIpc) is 3.01. The van der Waals surface area contributed by atoms with Crippen molar-refractivity contribution < 1.29 is 9.15 Å². The minimum absolute atomic E-state index is 0.0856. The van der Waals surface area contributed by atoms with Crippen molar-refractivity contribution in [2.24, 2.45) is 0 Å². The number of hydrogen-bond acceptors (Lipinski definition) is 5. The van der Waals surface area contributed by atoms with Crippen LogP contribution in [0.3, 0.4) is 0 Å². The number of aromatic nitrogens is 1. The van der Waals surface area contributed by atoms with Gasteiger partial charge in [-0.05, 0) is 12.1 Å². The molecule has 5 heteroatoms. The SMILES string of the molecule is c1coc(-c2csc(C3CNCCO3)n2)c1. The molecule has 1 fully saturated rings. The minimum atomic E-state index is 0.0856. The van der Waals surface area contributed by atoms with E-state index < -0.39 is 0 Å². The monoisotopic (exact) mass is 236 g/mol. The van der Waals surface area contributed by atoms with Crippen LogP contribution in [0.25, 0.3) is 11.5 Å². The minimum Gasteiger partial charge on any atom is -0.463 e. The molecule has 2 aromatic heterocycles. The van der Waals surface area contributed by atoms with Crippen molar-refractivity contribution in [1.82, 2.24) is 10.3 Å². The zero-order valence-electron chi connectivity index (χ0n) is 8.68. The van der Waals surface area contributed by atoms with Crippen molar-refractivity contribution in [3.8, 4) is 11.5 Å². The Morgan fingerprint density at radius 3 is 3.25 bits per heavy atom. The summed E-state index contributed by atoms with van der Waals surface area (Å²) in [5.74, 6) is 0.811. The summed E-state index contributed by atoms with van der Waals surface area (Å²) >= 11 is 1.62. The van der Waals surface area contributed by atoms with Crippen LogP contribution < -0.4 is 5.32 Å². The molecule has 0 saturated carbocycles. The summed E-state index contributed by atoms with van der Waals surface area (Å²) in [6.07, 6.45) is 1.75. The van der Waals surface area contributed by atoms with Gasteiger partial charge < -0.3 is 14.5 Å². The number of nitrogens with one attached hydrogen (secondary N) is 1. The molecule has 1 unspecified atom stereocenters. The van der Waals surface area contributed by atoms with Crippen molar-refractivity contribution in [3.05, 3.63) is 28.8 Å². The number of ether oxygens (including phenoxy) is 1. The van der Waals surface area contributed by atoms with E-state index in [9.17, 15) is 0 Å². The highest BCUT2D eigenvalue weighted by Crippen LogP contribution is 2.27. The molecule has 1 atom stereocenters. The van der Waals surface area contributed by atoms with Crippen molar-refractivity contribution in [2.45, 2.75) is 6.10 Å². The predicted molar refractivity (Wildman–Crippen MR) is 61.4 cm³/mol. The van der Waals surface area contributed by atoms with E-state index in [1.807, 2.05) is 17.5 Å². The van der Waals surface area contributed by atoms with Crippen molar-refractivity contribution in [3.63, 3.8) is 0 Å². The summed E-state index contributed by atoms with van der Waals surface area (Å²) in [6.45, 7) is 2.51. The molecule has 0 spiro atoms. The van der Waals surface area contributed by atoms with Crippen molar-refractivity contribution in [2.75, 3.05) is 19.7 Å². The maximum absolute atomic E-state index is 5.65. The van der Waals surface area contributed by atoms with E-state index in [1.54, 1.807) is 17.6 Å². The van der Waals surface area contributed by atoms with Gasteiger partial charge in [-0.2, -0.15) is 0 Å². The van der Waals surface area contributed by atoms with Crippen LogP contribution in [0.4, 0.5) is 0 Å². The van der Waals surface area contributed by atoms with Gasteiger partial charge in [-0.25, -0.2) is 4.98 Å². The van der Waals surface area contributed by atoms with E-state index >= 15 is 0 Å². The van der Waals surface area contributed by atoms with Gasteiger partial charge in [0.1, 0.15) is 16.8 Å². The van der Waals surface area contributed by atoms with E-state index in [-0.39, 0.29) is 6.10 Å². The molecule has 3 rings (SSSR count). The molecule has 2 aromatic rings. The van der Waals surface area contributed by atoms with E-state index in [2.05, 4.69) is 10.3 Å². The molecule has 16 heavy (non-hydrogen) atoms. The number of thiazole rings is 1. The van der Waals surface area contributed by atoms with Crippen LogP contribution >= 0.6 is 11.3 Å². The molecule has 0 aliphatic carbocycles. The molecule has 1 saturated heterocycles. The first-order chi connectivity index (χ1) is 7.93. The smallest absolute Gasteiger partial charge is 0.153 e. The van der Waals surface area contributed by atoms with Crippen LogP contribution in [-0.4, -0.2) is 24.7 Å².